The van der Waals surface area contributed by atoms with Crippen LogP contribution in [0.3, 0.4) is 0 Å². The van der Waals surface area contributed by atoms with Crippen molar-refractivity contribution in [2.75, 3.05) is 23.9 Å². The predicted octanol–water partition coefficient (Wildman–Crippen LogP) is 4.65. The third-order valence-corrected chi connectivity index (χ3v) is 5.01. The molecular formula is C22H21F3N2O3. The Morgan fingerprint density at radius 2 is 1.77 bits per heavy atom. The van der Waals surface area contributed by atoms with Gasteiger partial charge in [0.15, 0.2) is 11.5 Å². The van der Waals surface area contributed by atoms with Gasteiger partial charge in [-0.05, 0) is 35.9 Å². The number of amides is 1. The highest BCUT2D eigenvalue weighted by Gasteiger charge is 2.44. The highest BCUT2D eigenvalue weighted by atomic mass is 19.4. The SMILES string of the molecule is CCC(=O)C1=C(O)C(=O)N(c2cccc(C(F)(F)F)c2)C1c1ccc(N(C)C)cc1. The number of anilines is 2. The molecule has 0 saturated heterocycles. The number of rotatable bonds is 5. The van der Waals surface area contributed by atoms with E-state index in [1.807, 2.05) is 19.0 Å². The molecule has 2 aromatic carbocycles. The van der Waals surface area contributed by atoms with Gasteiger partial charge in [0, 0.05) is 31.9 Å². The lowest BCUT2D eigenvalue weighted by Crippen LogP contribution is -2.31. The van der Waals surface area contributed by atoms with Crippen LogP contribution < -0.4 is 9.80 Å². The van der Waals surface area contributed by atoms with Crippen molar-refractivity contribution in [1.82, 2.24) is 0 Å². The van der Waals surface area contributed by atoms with E-state index >= 15 is 0 Å². The Labute approximate surface area is 172 Å². The van der Waals surface area contributed by atoms with Crippen molar-refractivity contribution in [3.8, 4) is 0 Å². The first-order valence-electron chi connectivity index (χ1n) is 9.30. The van der Waals surface area contributed by atoms with E-state index in [0.29, 0.717) is 5.56 Å². The number of ketones is 1. The molecule has 1 heterocycles. The summed E-state index contributed by atoms with van der Waals surface area (Å²) in [6, 6.07) is 10.2. The van der Waals surface area contributed by atoms with Crippen molar-refractivity contribution in [2.45, 2.75) is 25.6 Å². The zero-order valence-corrected chi connectivity index (χ0v) is 16.7. The maximum atomic E-state index is 13.2. The number of nitrogens with zero attached hydrogens (tertiary/aromatic N) is 2. The Morgan fingerprint density at radius 1 is 1.13 bits per heavy atom. The lowest BCUT2D eigenvalue weighted by Gasteiger charge is -2.28. The number of carbonyl (C=O) groups is 2. The van der Waals surface area contributed by atoms with Gasteiger partial charge in [-0.2, -0.15) is 13.2 Å². The second-order valence-electron chi connectivity index (χ2n) is 7.15. The number of hydrogen-bond acceptors (Lipinski definition) is 4. The Balaban J connectivity index is 2.16. The zero-order chi connectivity index (χ0) is 22.2. The number of Topliss-reactive ketones (excluding diaryl/α,β-unsaturated/α-hetero) is 1. The van der Waals surface area contributed by atoms with E-state index < -0.39 is 35.2 Å². The summed E-state index contributed by atoms with van der Waals surface area (Å²) in [5, 5.41) is 10.4. The van der Waals surface area contributed by atoms with Crippen LogP contribution in [0.1, 0.15) is 30.5 Å². The van der Waals surface area contributed by atoms with E-state index in [1.54, 1.807) is 31.2 Å². The lowest BCUT2D eigenvalue weighted by molar-refractivity contribution is -0.137. The second-order valence-corrected chi connectivity index (χ2v) is 7.15. The van der Waals surface area contributed by atoms with Crippen molar-refractivity contribution >= 4 is 23.1 Å². The number of aliphatic hydroxyl groups is 1. The Hall–Kier alpha value is -3.29. The molecule has 8 heteroatoms. The van der Waals surface area contributed by atoms with Crippen molar-refractivity contribution in [3.63, 3.8) is 0 Å². The molecule has 1 unspecified atom stereocenters. The summed E-state index contributed by atoms with van der Waals surface area (Å²) in [5.41, 5.74) is 0.279. The monoisotopic (exact) mass is 418 g/mol. The minimum absolute atomic E-state index is 0.0371. The normalized spacial score (nSPS) is 16.9. The van der Waals surface area contributed by atoms with Crippen LogP contribution in [0.2, 0.25) is 0 Å². The first kappa shape index (κ1) is 21.4. The third kappa shape index (κ3) is 3.77. The maximum absolute atomic E-state index is 13.2. The van der Waals surface area contributed by atoms with Crippen LogP contribution in [0.15, 0.2) is 59.9 Å². The molecule has 0 spiro atoms. The Bertz CT molecular complexity index is 1010. The van der Waals surface area contributed by atoms with Crippen LogP contribution >= 0.6 is 0 Å². The zero-order valence-electron chi connectivity index (χ0n) is 16.7. The van der Waals surface area contributed by atoms with Gasteiger partial charge in [0.25, 0.3) is 5.91 Å². The number of carbonyl (C=O) groups excluding carboxylic acids is 2. The summed E-state index contributed by atoms with van der Waals surface area (Å²) in [5.74, 6) is -2.09. The van der Waals surface area contributed by atoms with Gasteiger partial charge < -0.3 is 10.0 Å². The Morgan fingerprint density at radius 3 is 2.30 bits per heavy atom. The number of halogens is 3. The van der Waals surface area contributed by atoms with E-state index in [2.05, 4.69) is 0 Å². The highest BCUT2D eigenvalue weighted by molar-refractivity contribution is 6.16. The second kappa shape index (κ2) is 7.85. The van der Waals surface area contributed by atoms with Crippen LogP contribution in [-0.2, 0) is 15.8 Å². The molecule has 0 saturated carbocycles. The number of benzene rings is 2. The predicted molar refractivity (Wildman–Crippen MR) is 107 cm³/mol. The maximum Gasteiger partial charge on any atom is 0.416 e. The molecule has 1 atom stereocenters. The Kier molecular flexibility index (Phi) is 5.61. The lowest BCUT2D eigenvalue weighted by atomic mass is 9.94. The third-order valence-electron chi connectivity index (χ3n) is 5.01. The molecule has 1 aliphatic rings. The van der Waals surface area contributed by atoms with Gasteiger partial charge >= 0.3 is 6.18 Å². The topological polar surface area (TPSA) is 60.9 Å². The van der Waals surface area contributed by atoms with Gasteiger partial charge in [-0.3, -0.25) is 14.5 Å². The molecule has 1 aliphatic heterocycles. The van der Waals surface area contributed by atoms with Crippen LogP contribution in [-0.4, -0.2) is 30.9 Å². The number of hydrogen-bond donors (Lipinski definition) is 1. The molecule has 5 nitrogen and oxygen atoms in total. The van der Waals surface area contributed by atoms with E-state index in [4.69, 9.17) is 0 Å². The van der Waals surface area contributed by atoms with Gasteiger partial charge in [-0.1, -0.05) is 25.1 Å². The molecular weight excluding hydrogens is 397 g/mol. The summed E-state index contributed by atoms with van der Waals surface area (Å²) >= 11 is 0. The first-order chi connectivity index (χ1) is 14.1. The summed E-state index contributed by atoms with van der Waals surface area (Å²) in [4.78, 5) is 28.3. The fraction of sp³-hybridized carbons (Fsp3) is 0.273. The largest absolute Gasteiger partial charge is 0.503 e. The summed E-state index contributed by atoms with van der Waals surface area (Å²) in [6.45, 7) is 1.59. The van der Waals surface area contributed by atoms with E-state index in [-0.39, 0.29) is 17.7 Å². The average molecular weight is 418 g/mol. The molecule has 0 radical (unpaired) electrons. The molecule has 30 heavy (non-hydrogen) atoms. The van der Waals surface area contributed by atoms with Crippen molar-refractivity contribution in [3.05, 3.63) is 71.0 Å². The minimum Gasteiger partial charge on any atom is -0.503 e. The fourth-order valence-electron chi connectivity index (χ4n) is 3.45. The van der Waals surface area contributed by atoms with Crippen LogP contribution in [0.25, 0.3) is 0 Å². The van der Waals surface area contributed by atoms with Gasteiger partial charge in [-0.15, -0.1) is 0 Å². The van der Waals surface area contributed by atoms with Crippen molar-refractivity contribution in [1.29, 1.82) is 0 Å². The quantitative estimate of drug-likeness (QED) is 0.768. The molecule has 1 amide bonds. The van der Waals surface area contributed by atoms with E-state index in [1.165, 1.54) is 12.1 Å². The average Bonchev–Trinajstić information content (AvgIpc) is 2.98. The molecule has 2 aromatic rings. The van der Waals surface area contributed by atoms with E-state index in [9.17, 15) is 27.9 Å². The summed E-state index contributed by atoms with van der Waals surface area (Å²) in [6.07, 6.45) is -4.56. The minimum atomic E-state index is -4.60. The van der Waals surface area contributed by atoms with Crippen LogP contribution in [0, 0.1) is 0 Å². The molecule has 0 fully saturated rings. The first-order valence-corrected chi connectivity index (χ1v) is 9.30. The smallest absolute Gasteiger partial charge is 0.416 e. The van der Waals surface area contributed by atoms with Crippen LogP contribution in [0.4, 0.5) is 24.5 Å². The van der Waals surface area contributed by atoms with Gasteiger partial charge in [0.1, 0.15) is 0 Å². The molecule has 158 valence electrons. The molecule has 3 rings (SSSR count). The number of aliphatic hydroxyl groups excluding tert-OH is 1. The molecule has 0 aromatic heterocycles. The van der Waals surface area contributed by atoms with Gasteiger partial charge in [-0.25, -0.2) is 0 Å². The van der Waals surface area contributed by atoms with Crippen molar-refractivity contribution in [2.24, 2.45) is 0 Å². The summed E-state index contributed by atoms with van der Waals surface area (Å²) in [7, 11) is 3.70. The van der Waals surface area contributed by atoms with Gasteiger partial charge in [0.05, 0.1) is 17.2 Å². The summed E-state index contributed by atoms with van der Waals surface area (Å²) < 4.78 is 39.6. The molecule has 0 aliphatic carbocycles. The van der Waals surface area contributed by atoms with Crippen molar-refractivity contribution < 1.29 is 27.9 Å². The molecule has 0 bridgehead atoms. The highest BCUT2D eigenvalue weighted by Crippen LogP contribution is 2.43. The fourth-order valence-corrected chi connectivity index (χ4v) is 3.45. The van der Waals surface area contributed by atoms with E-state index in [0.717, 1.165) is 22.7 Å². The standard InChI is InChI=1S/C22H21F3N2O3/c1-4-17(28)18-19(13-8-10-15(11-9-13)26(2)3)27(21(30)20(18)29)16-7-5-6-14(12-16)22(23,24)25/h5-12,19,29H,4H2,1-3H3. The van der Waals surface area contributed by atoms with Gasteiger partial charge in [0.2, 0.25) is 0 Å². The van der Waals surface area contributed by atoms with Crippen LogP contribution in [0.5, 0.6) is 0 Å². The molecule has 1 N–H and O–H groups in total. The number of alkyl halides is 3.